The predicted octanol–water partition coefficient (Wildman–Crippen LogP) is 2.58. The fourth-order valence-corrected chi connectivity index (χ4v) is 1.85. The Bertz CT molecular complexity index is 357. The van der Waals surface area contributed by atoms with Crippen LogP contribution in [-0.2, 0) is 4.79 Å². The van der Waals surface area contributed by atoms with Gasteiger partial charge in [0.1, 0.15) is 0 Å². The van der Waals surface area contributed by atoms with E-state index in [1.54, 1.807) is 18.2 Å². The van der Waals surface area contributed by atoms with E-state index in [-0.39, 0.29) is 6.42 Å². The molecule has 3 N–H and O–H groups in total. The minimum absolute atomic E-state index is 0.112. The summed E-state index contributed by atoms with van der Waals surface area (Å²) in [5.74, 6) is -0.927. The summed E-state index contributed by atoms with van der Waals surface area (Å²) in [6, 6.07) is 4.66. The molecule has 0 spiro atoms. The SMILES string of the molecule is N[C@@H](CC(=O)O)c1cccc(Cl)c1Br. The first-order chi connectivity index (χ1) is 6.52. The van der Waals surface area contributed by atoms with Crippen molar-refractivity contribution in [3.63, 3.8) is 0 Å². The van der Waals surface area contributed by atoms with Crippen LogP contribution in [-0.4, -0.2) is 11.1 Å². The number of hydrogen-bond acceptors (Lipinski definition) is 2. The van der Waals surface area contributed by atoms with Gasteiger partial charge in [0, 0.05) is 10.5 Å². The van der Waals surface area contributed by atoms with Crippen molar-refractivity contribution >= 4 is 33.5 Å². The second-order valence-corrected chi connectivity index (χ2v) is 4.05. The number of rotatable bonds is 3. The molecule has 0 aliphatic carbocycles. The van der Waals surface area contributed by atoms with E-state index in [1.165, 1.54) is 0 Å². The fraction of sp³-hybridized carbons (Fsp3) is 0.222. The van der Waals surface area contributed by atoms with Gasteiger partial charge in [0.25, 0.3) is 0 Å². The number of aliphatic carboxylic acids is 1. The van der Waals surface area contributed by atoms with Crippen LogP contribution in [0.25, 0.3) is 0 Å². The number of nitrogens with two attached hydrogens (primary N) is 1. The lowest BCUT2D eigenvalue weighted by molar-refractivity contribution is -0.137. The van der Waals surface area contributed by atoms with Gasteiger partial charge in [-0.1, -0.05) is 23.7 Å². The molecule has 0 aliphatic rings. The van der Waals surface area contributed by atoms with E-state index in [0.717, 1.165) is 0 Å². The van der Waals surface area contributed by atoms with Gasteiger partial charge in [0.2, 0.25) is 0 Å². The predicted molar refractivity (Wildman–Crippen MR) is 58.3 cm³/mol. The lowest BCUT2D eigenvalue weighted by Crippen LogP contribution is -2.15. The Morgan fingerprint density at radius 3 is 2.86 bits per heavy atom. The summed E-state index contributed by atoms with van der Waals surface area (Å²) in [6.45, 7) is 0. The second kappa shape index (κ2) is 4.77. The Morgan fingerprint density at radius 1 is 1.64 bits per heavy atom. The van der Waals surface area contributed by atoms with Gasteiger partial charge in [0.15, 0.2) is 0 Å². The van der Waals surface area contributed by atoms with Crippen molar-refractivity contribution in [2.45, 2.75) is 12.5 Å². The minimum atomic E-state index is -0.927. The Balaban J connectivity index is 2.95. The van der Waals surface area contributed by atoms with Gasteiger partial charge in [-0.3, -0.25) is 4.79 Å². The normalized spacial score (nSPS) is 12.5. The van der Waals surface area contributed by atoms with Crippen molar-refractivity contribution in [1.29, 1.82) is 0 Å². The number of hydrogen-bond donors (Lipinski definition) is 2. The maximum absolute atomic E-state index is 10.5. The molecule has 0 amide bonds. The van der Waals surface area contributed by atoms with Crippen LogP contribution in [0, 0.1) is 0 Å². The number of carbonyl (C=O) groups is 1. The van der Waals surface area contributed by atoms with Crippen molar-refractivity contribution in [3.8, 4) is 0 Å². The third-order valence-electron chi connectivity index (χ3n) is 1.78. The van der Waals surface area contributed by atoms with Gasteiger partial charge in [-0.15, -0.1) is 0 Å². The lowest BCUT2D eigenvalue weighted by atomic mass is 10.1. The van der Waals surface area contributed by atoms with Crippen LogP contribution in [0.4, 0.5) is 0 Å². The number of benzene rings is 1. The Morgan fingerprint density at radius 2 is 2.29 bits per heavy atom. The van der Waals surface area contributed by atoms with Crippen LogP contribution in [0.15, 0.2) is 22.7 Å². The molecule has 1 aromatic carbocycles. The quantitative estimate of drug-likeness (QED) is 0.893. The highest BCUT2D eigenvalue weighted by Gasteiger charge is 2.14. The highest BCUT2D eigenvalue weighted by molar-refractivity contribution is 9.10. The lowest BCUT2D eigenvalue weighted by Gasteiger charge is -2.12. The number of carboxylic acids is 1. The Kier molecular flexibility index (Phi) is 3.92. The van der Waals surface area contributed by atoms with Crippen LogP contribution in [0.2, 0.25) is 5.02 Å². The molecule has 0 fully saturated rings. The molecule has 5 heteroatoms. The van der Waals surface area contributed by atoms with Gasteiger partial charge < -0.3 is 10.8 Å². The molecule has 0 bridgehead atoms. The van der Waals surface area contributed by atoms with Crippen LogP contribution >= 0.6 is 27.5 Å². The Hall–Kier alpha value is -0.580. The van der Waals surface area contributed by atoms with Gasteiger partial charge >= 0.3 is 5.97 Å². The molecule has 0 aliphatic heterocycles. The summed E-state index contributed by atoms with van der Waals surface area (Å²) in [4.78, 5) is 10.5. The fourth-order valence-electron chi connectivity index (χ4n) is 1.10. The molecule has 0 heterocycles. The van der Waals surface area contributed by atoms with Crippen LogP contribution < -0.4 is 5.73 Å². The first kappa shape index (κ1) is 11.5. The molecule has 1 aromatic rings. The third-order valence-corrected chi connectivity index (χ3v) is 3.20. The highest BCUT2D eigenvalue weighted by atomic mass is 79.9. The van der Waals surface area contributed by atoms with E-state index in [1.807, 2.05) is 0 Å². The van der Waals surface area contributed by atoms with Gasteiger partial charge in [-0.25, -0.2) is 0 Å². The number of carboxylic acid groups (broad SMARTS) is 1. The van der Waals surface area contributed by atoms with Gasteiger partial charge in [0.05, 0.1) is 11.4 Å². The zero-order chi connectivity index (χ0) is 10.7. The molecule has 76 valence electrons. The Labute approximate surface area is 95.0 Å². The van der Waals surface area contributed by atoms with E-state index in [0.29, 0.717) is 15.1 Å². The van der Waals surface area contributed by atoms with Crippen LogP contribution in [0.3, 0.4) is 0 Å². The maximum Gasteiger partial charge on any atom is 0.305 e. The number of halogens is 2. The van der Waals surface area contributed by atoms with Crippen molar-refractivity contribution in [2.75, 3.05) is 0 Å². The van der Waals surface area contributed by atoms with E-state index < -0.39 is 12.0 Å². The van der Waals surface area contributed by atoms with Gasteiger partial charge in [-0.05, 0) is 27.6 Å². The van der Waals surface area contributed by atoms with Crippen LogP contribution in [0.1, 0.15) is 18.0 Å². The molecule has 0 radical (unpaired) electrons. The first-order valence-corrected chi connectivity index (χ1v) is 5.10. The molecule has 0 saturated heterocycles. The summed E-state index contributed by atoms with van der Waals surface area (Å²) in [7, 11) is 0. The van der Waals surface area contributed by atoms with Crippen molar-refractivity contribution in [2.24, 2.45) is 5.73 Å². The van der Waals surface area contributed by atoms with E-state index in [4.69, 9.17) is 22.4 Å². The standard InChI is InChI=1S/C9H9BrClNO2/c10-9-5(2-1-3-6(9)11)7(12)4-8(13)14/h1-3,7H,4,12H2,(H,13,14)/t7-/m0/s1. The van der Waals surface area contributed by atoms with Crippen molar-refractivity contribution in [3.05, 3.63) is 33.3 Å². The highest BCUT2D eigenvalue weighted by Crippen LogP contribution is 2.30. The molecule has 1 rings (SSSR count). The van der Waals surface area contributed by atoms with E-state index in [2.05, 4.69) is 15.9 Å². The first-order valence-electron chi connectivity index (χ1n) is 3.93. The third kappa shape index (κ3) is 2.70. The van der Waals surface area contributed by atoms with Crippen molar-refractivity contribution in [1.82, 2.24) is 0 Å². The second-order valence-electron chi connectivity index (χ2n) is 2.85. The zero-order valence-electron chi connectivity index (χ0n) is 7.21. The smallest absolute Gasteiger partial charge is 0.305 e. The van der Waals surface area contributed by atoms with Crippen molar-refractivity contribution < 1.29 is 9.90 Å². The molecule has 0 aromatic heterocycles. The summed E-state index contributed by atoms with van der Waals surface area (Å²) < 4.78 is 0.662. The summed E-state index contributed by atoms with van der Waals surface area (Å²) >= 11 is 9.11. The molecule has 0 saturated carbocycles. The van der Waals surface area contributed by atoms with Gasteiger partial charge in [-0.2, -0.15) is 0 Å². The largest absolute Gasteiger partial charge is 0.481 e. The average Bonchev–Trinajstić information content (AvgIpc) is 2.08. The molecule has 14 heavy (non-hydrogen) atoms. The zero-order valence-corrected chi connectivity index (χ0v) is 9.55. The summed E-state index contributed by atoms with van der Waals surface area (Å²) in [5, 5.41) is 9.11. The molecular weight excluding hydrogens is 269 g/mol. The maximum atomic E-state index is 10.5. The summed E-state index contributed by atoms with van der Waals surface area (Å²) in [6.07, 6.45) is -0.112. The molecule has 0 unspecified atom stereocenters. The summed E-state index contributed by atoms with van der Waals surface area (Å²) in [5.41, 5.74) is 6.40. The monoisotopic (exact) mass is 277 g/mol. The molecular formula is C9H9BrClNO2. The van der Waals surface area contributed by atoms with E-state index >= 15 is 0 Å². The molecule has 3 nitrogen and oxygen atoms in total. The van der Waals surface area contributed by atoms with E-state index in [9.17, 15) is 4.79 Å². The minimum Gasteiger partial charge on any atom is -0.481 e. The van der Waals surface area contributed by atoms with Crippen LogP contribution in [0.5, 0.6) is 0 Å². The molecule has 1 atom stereocenters. The topological polar surface area (TPSA) is 63.3 Å². The average molecular weight is 279 g/mol.